The average Bonchev–Trinajstić information content (AvgIpc) is 2.72. The molecule has 0 radical (unpaired) electrons. The van der Waals surface area contributed by atoms with Crippen molar-refractivity contribution in [2.24, 2.45) is 22.7 Å². The Labute approximate surface area is 92.6 Å². The fraction of sp³-hybridized carbons (Fsp3) is 0.857. The summed E-state index contributed by atoms with van der Waals surface area (Å²) in [6.45, 7) is 9.09. The van der Waals surface area contributed by atoms with E-state index >= 15 is 0 Å². The Balaban J connectivity index is 2.07. The Morgan fingerprint density at radius 1 is 1.27 bits per heavy atom. The molecule has 3 fully saturated rings. The normalized spacial score (nSPS) is 51.9. The lowest BCUT2D eigenvalue weighted by Crippen LogP contribution is -2.42. The van der Waals surface area contributed by atoms with Crippen molar-refractivity contribution >= 4 is 0 Å². The highest BCUT2D eigenvalue weighted by atomic mass is 16.3. The van der Waals surface area contributed by atoms with E-state index in [1.54, 1.807) is 0 Å². The summed E-state index contributed by atoms with van der Waals surface area (Å²) < 4.78 is 0. The number of hydrogen-bond donors (Lipinski definition) is 1. The number of allylic oxidation sites excluding steroid dienone is 1. The molecule has 3 aliphatic rings. The van der Waals surface area contributed by atoms with Gasteiger partial charge in [-0.25, -0.2) is 0 Å². The minimum absolute atomic E-state index is 0.0413. The minimum atomic E-state index is -0.0413. The van der Waals surface area contributed by atoms with E-state index < -0.39 is 0 Å². The van der Waals surface area contributed by atoms with Crippen molar-refractivity contribution in [3.8, 4) is 0 Å². The third-order valence-corrected chi connectivity index (χ3v) is 5.94. The zero-order valence-corrected chi connectivity index (χ0v) is 9.92. The van der Waals surface area contributed by atoms with Crippen LogP contribution in [0.15, 0.2) is 12.2 Å². The number of aliphatic hydroxyl groups is 1. The van der Waals surface area contributed by atoms with E-state index in [2.05, 4.69) is 20.4 Å². The summed E-state index contributed by atoms with van der Waals surface area (Å²) in [4.78, 5) is 0. The van der Waals surface area contributed by atoms with Crippen LogP contribution in [0.2, 0.25) is 0 Å². The topological polar surface area (TPSA) is 20.2 Å². The maximum absolute atomic E-state index is 10.2. The third-order valence-electron chi connectivity index (χ3n) is 5.94. The summed E-state index contributed by atoms with van der Waals surface area (Å²) >= 11 is 0. The monoisotopic (exact) mass is 206 g/mol. The van der Waals surface area contributed by atoms with Gasteiger partial charge in [0.1, 0.15) is 0 Å². The largest absolute Gasteiger partial charge is 0.393 e. The van der Waals surface area contributed by atoms with E-state index in [4.69, 9.17) is 0 Å². The highest BCUT2D eigenvalue weighted by molar-refractivity contribution is 5.27. The van der Waals surface area contributed by atoms with Crippen LogP contribution in [0.4, 0.5) is 0 Å². The average molecular weight is 206 g/mol. The molecule has 0 amide bonds. The quantitative estimate of drug-likeness (QED) is 0.604. The standard InChI is InChI=1S/C14H22O/c1-9-11-4-5-12(15)14(11)7-6-10(8-14)13(9,2)3/h10-12,15H,1,4-8H2,2-3H3/t10-,11?,12+,14-/m1/s1. The predicted octanol–water partition coefficient (Wildman–Crippen LogP) is 3.14. The molecule has 2 bridgehead atoms. The van der Waals surface area contributed by atoms with Gasteiger partial charge in [-0.2, -0.15) is 0 Å². The zero-order chi connectivity index (χ0) is 10.8. The van der Waals surface area contributed by atoms with Gasteiger partial charge in [-0.05, 0) is 49.4 Å². The zero-order valence-electron chi connectivity index (χ0n) is 9.92. The first kappa shape index (κ1) is 9.89. The van der Waals surface area contributed by atoms with E-state index in [1.165, 1.54) is 31.3 Å². The smallest absolute Gasteiger partial charge is 0.0602 e. The lowest BCUT2D eigenvalue weighted by atomic mass is 9.57. The SMILES string of the molecule is C=C1C2CC[C@H](O)[C@@]23CC[C@H](C3)C1(C)C. The molecule has 84 valence electrons. The van der Waals surface area contributed by atoms with Crippen molar-refractivity contribution in [2.75, 3.05) is 0 Å². The van der Waals surface area contributed by atoms with E-state index in [0.29, 0.717) is 11.3 Å². The molecule has 0 aromatic carbocycles. The van der Waals surface area contributed by atoms with Gasteiger partial charge < -0.3 is 5.11 Å². The molecule has 1 nitrogen and oxygen atoms in total. The number of aliphatic hydroxyl groups excluding tert-OH is 1. The van der Waals surface area contributed by atoms with Crippen LogP contribution in [-0.4, -0.2) is 11.2 Å². The second-order valence-corrected chi connectivity index (χ2v) is 6.57. The Kier molecular flexibility index (Phi) is 1.77. The van der Waals surface area contributed by atoms with Gasteiger partial charge in [0.25, 0.3) is 0 Å². The lowest BCUT2D eigenvalue weighted by molar-refractivity contribution is 0.00891. The van der Waals surface area contributed by atoms with Crippen LogP contribution in [0.1, 0.15) is 46.0 Å². The second-order valence-electron chi connectivity index (χ2n) is 6.57. The van der Waals surface area contributed by atoms with Crippen LogP contribution in [0.25, 0.3) is 0 Å². The van der Waals surface area contributed by atoms with Gasteiger partial charge in [0.2, 0.25) is 0 Å². The maximum Gasteiger partial charge on any atom is 0.0602 e. The Morgan fingerprint density at radius 3 is 2.73 bits per heavy atom. The molecule has 1 spiro atoms. The van der Waals surface area contributed by atoms with Crippen molar-refractivity contribution in [3.63, 3.8) is 0 Å². The van der Waals surface area contributed by atoms with Crippen LogP contribution in [-0.2, 0) is 0 Å². The molecule has 0 saturated heterocycles. The summed E-state index contributed by atoms with van der Waals surface area (Å²) in [6.07, 6.45) is 5.94. The van der Waals surface area contributed by atoms with Crippen LogP contribution >= 0.6 is 0 Å². The molecule has 4 atom stereocenters. The fourth-order valence-electron chi connectivity index (χ4n) is 4.71. The molecular formula is C14H22O. The van der Waals surface area contributed by atoms with Gasteiger partial charge in [-0.3, -0.25) is 0 Å². The van der Waals surface area contributed by atoms with Gasteiger partial charge in [0.15, 0.2) is 0 Å². The van der Waals surface area contributed by atoms with E-state index in [1.807, 2.05) is 0 Å². The molecule has 0 heterocycles. The first-order valence-electron chi connectivity index (χ1n) is 6.36. The minimum Gasteiger partial charge on any atom is -0.393 e. The molecule has 0 aromatic heterocycles. The molecule has 1 N–H and O–H groups in total. The number of fused-ring (bicyclic) bond motifs is 1. The summed E-state index contributed by atoms with van der Waals surface area (Å²) in [6, 6.07) is 0. The first-order chi connectivity index (χ1) is 6.98. The summed E-state index contributed by atoms with van der Waals surface area (Å²) in [7, 11) is 0. The molecule has 3 rings (SSSR count). The Hall–Kier alpha value is -0.300. The van der Waals surface area contributed by atoms with Crippen molar-refractivity contribution in [3.05, 3.63) is 12.2 Å². The molecule has 1 heteroatoms. The van der Waals surface area contributed by atoms with Crippen molar-refractivity contribution in [2.45, 2.75) is 52.1 Å². The molecule has 1 unspecified atom stereocenters. The lowest BCUT2D eigenvalue weighted by Gasteiger charge is -2.48. The van der Waals surface area contributed by atoms with Crippen molar-refractivity contribution < 1.29 is 5.11 Å². The van der Waals surface area contributed by atoms with Crippen LogP contribution in [0.5, 0.6) is 0 Å². The van der Waals surface area contributed by atoms with Crippen molar-refractivity contribution in [1.29, 1.82) is 0 Å². The van der Waals surface area contributed by atoms with E-state index in [9.17, 15) is 5.11 Å². The maximum atomic E-state index is 10.2. The predicted molar refractivity (Wildman–Crippen MR) is 61.4 cm³/mol. The Morgan fingerprint density at radius 2 is 2.00 bits per heavy atom. The summed E-state index contributed by atoms with van der Waals surface area (Å²) in [5, 5.41) is 10.2. The molecule has 0 aromatic rings. The van der Waals surface area contributed by atoms with E-state index in [-0.39, 0.29) is 11.5 Å². The highest BCUT2D eigenvalue weighted by Gasteiger charge is 2.61. The highest BCUT2D eigenvalue weighted by Crippen LogP contribution is 2.68. The number of rotatable bonds is 0. The van der Waals surface area contributed by atoms with E-state index in [0.717, 1.165) is 12.3 Å². The van der Waals surface area contributed by atoms with Gasteiger partial charge in [0.05, 0.1) is 6.10 Å². The second kappa shape index (κ2) is 2.68. The molecule has 15 heavy (non-hydrogen) atoms. The van der Waals surface area contributed by atoms with Gasteiger partial charge in [0, 0.05) is 5.41 Å². The third kappa shape index (κ3) is 0.982. The van der Waals surface area contributed by atoms with Crippen molar-refractivity contribution in [1.82, 2.24) is 0 Å². The van der Waals surface area contributed by atoms with Gasteiger partial charge >= 0.3 is 0 Å². The van der Waals surface area contributed by atoms with Crippen LogP contribution < -0.4 is 0 Å². The Bertz CT molecular complexity index is 317. The fourth-order valence-corrected chi connectivity index (χ4v) is 4.71. The molecular weight excluding hydrogens is 184 g/mol. The summed E-state index contributed by atoms with van der Waals surface area (Å²) in [5.41, 5.74) is 2.00. The van der Waals surface area contributed by atoms with Crippen LogP contribution in [0.3, 0.4) is 0 Å². The van der Waals surface area contributed by atoms with Crippen LogP contribution in [0, 0.1) is 22.7 Å². The number of hydrogen-bond acceptors (Lipinski definition) is 1. The molecule has 3 aliphatic carbocycles. The van der Waals surface area contributed by atoms with Gasteiger partial charge in [-0.15, -0.1) is 0 Å². The first-order valence-corrected chi connectivity index (χ1v) is 6.36. The molecule has 0 aliphatic heterocycles. The van der Waals surface area contributed by atoms with Gasteiger partial charge in [-0.1, -0.05) is 26.0 Å². The summed E-state index contributed by atoms with van der Waals surface area (Å²) in [5.74, 6) is 1.38. The molecule has 3 saturated carbocycles.